The van der Waals surface area contributed by atoms with Crippen molar-refractivity contribution in [2.75, 3.05) is 24.2 Å². The first-order chi connectivity index (χ1) is 11.1. The van der Waals surface area contributed by atoms with Gasteiger partial charge in [-0.25, -0.2) is 0 Å². The fourth-order valence-corrected chi connectivity index (χ4v) is 3.17. The van der Waals surface area contributed by atoms with Crippen molar-refractivity contribution < 1.29 is 14.4 Å². The molecule has 3 amide bonds. The predicted molar refractivity (Wildman–Crippen MR) is 89.6 cm³/mol. The van der Waals surface area contributed by atoms with Crippen LogP contribution in [0.4, 0.5) is 10.5 Å². The fraction of sp³-hybridized carbons (Fsp3) is 0.438. The quantitative estimate of drug-likeness (QED) is 0.835. The molecule has 6 nitrogen and oxygen atoms in total. The van der Waals surface area contributed by atoms with Crippen LogP contribution in [0, 0.1) is 0 Å². The Labute approximate surface area is 139 Å². The van der Waals surface area contributed by atoms with E-state index in [1.54, 1.807) is 29.2 Å². The van der Waals surface area contributed by atoms with Gasteiger partial charge in [0.2, 0.25) is 5.91 Å². The Balaban J connectivity index is 1.51. The summed E-state index contributed by atoms with van der Waals surface area (Å²) in [6, 6.07) is 7.21. The van der Waals surface area contributed by atoms with Crippen molar-refractivity contribution in [3.8, 4) is 0 Å². The molecule has 1 heterocycles. The number of carbonyl (C=O) groups excluding carboxylic acids is 3. The van der Waals surface area contributed by atoms with Gasteiger partial charge in [0.1, 0.15) is 0 Å². The Hall–Kier alpha value is -2.02. The van der Waals surface area contributed by atoms with Gasteiger partial charge in [-0.2, -0.15) is 0 Å². The Morgan fingerprint density at radius 1 is 1.30 bits per heavy atom. The maximum absolute atomic E-state index is 12.0. The molecule has 1 aliphatic heterocycles. The first kappa shape index (κ1) is 15.9. The highest BCUT2D eigenvalue weighted by Gasteiger charge is 2.24. The lowest BCUT2D eigenvalue weighted by Gasteiger charge is -2.14. The fourth-order valence-electron chi connectivity index (χ4n) is 2.32. The molecule has 7 heteroatoms. The minimum atomic E-state index is -0.158. The van der Waals surface area contributed by atoms with E-state index in [9.17, 15) is 14.4 Å². The van der Waals surface area contributed by atoms with Gasteiger partial charge in [-0.3, -0.25) is 14.4 Å². The van der Waals surface area contributed by atoms with E-state index in [-0.39, 0.29) is 23.5 Å². The van der Waals surface area contributed by atoms with E-state index in [0.717, 1.165) is 18.6 Å². The summed E-state index contributed by atoms with van der Waals surface area (Å²) in [4.78, 5) is 37.1. The van der Waals surface area contributed by atoms with Crippen molar-refractivity contribution >= 4 is 34.5 Å². The first-order valence-electron chi connectivity index (χ1n) is 7.74. The number of hydrogen-bond acceptors (Lipinski definition) is 4. The molecule has 1 aromatic rings. The van der Waals surface area contributed by atoms with E-state index in [2.05, 4.69) is 10.6 Å². The molecule has 2 aliphatic rings. The zero-order valence-corrected chi connectivity index (χ0v) is 13.5. The average molecular weight is 333 g/mol. The van der Waals surface area contributed by atoms with Crippen molar-refractivity contribution in [1.82, 2.24) is 10.2 Å². The maximum Gasteiger partial charge on any atom is 0.281 e. The zero-order chi connectivity index (χ0) is 16.2. The van der Waals surface area contributed by atoms with Gasteiger partial charge < -0.3 is 15.5 Å². The number of carbonyl (C=O) groups is 3. The third-order valence-electron chi connectivity index (χ3n) is 3.77. The lowest BCUT2D eigenvalue weighted by molar-refractivity contribution is -0.116. The zero-order valence-electron chi connectivity index (χ0n) is 12.7. The van der Waals surface area contributed by atoms with Crippen molar-refractivity contribution in [3.05, 3.63) is 29.8 Å². The molecule has 0 unspecified atom stereocenters. The van der Waals surface area contributed by atoms with Gasteiger partial charge >= 0.3 is 0 Å². The Morgan fingerprint density at radius 3 is 2.83 bits per heavy atom. The van der Waals surface area contributed by atoms with Crippen molar-refractivity contribution in [2.45, 2.75) is 25.3 Å². The summed E-state index contributed by atoms with van der Waals surface area (Å²) in [6.45, 7) is 1.13. The summed E-state index contributed by atoms with van der Waals surface area (Å²) in [6.07, 6.45) is 2.33. The number of thioether (sulfide) groups is 1. The third-order valence-corrected chi connectivity index (χ3v) is 4.67. The molecule has 2 fully saturated rings. The molecular weight excluding hydrogens is 314 g/mol. The number of benzene rings is 1. The minimum absolute atomic E-state index is 0.0385. The number of hydrogen-bond donors (Lipinski definition) is 2. The van der Waals surface area contributed by atoms with Crippen LogP contribution in [0.1, 0.15) is 29.6 Å². The van der Waals surface area contributed by atoms with Crippen LogP contribution in [0.3, 0.4) is 0 Å². The first-order valence-corrected chi connectivity index (χ1v) is 8.73. The van der Waals surface area contributed by atoms with Crippen LogP contribution in [0.5, 0.6) is 0 Å². The number of nitrogens with one attached hydrogen (secondary N) is 2. The van der Waals surface area contributed by atoms with E-state index in [1.165, 1.54) is 11.8 Å². The van der Waals surface area contributed by atoms with Crippen LogP contribution >= 0.6 is 11.8 Å². The van der Waals surface area contributed by atoms with Gasteiger partial charge in [0, 0.05) is 42.6 Å². The molecule has 0 bridgehead atoms. The van der Waals surface area contributed by atoms with Crippen molar-refractivity contribution in [1.29, 1.82) is 0 Å². The van der Waals surface area contributed by atoms with E-state index in [1.807, 2.05) is 0 Å². The van der Waals surface area contributed by atoms with Crippen LogP contribution in [0.2, 0.25) is 0 Å². The van der Waals surface area contributed by atoms with Crippen LogP contribution in [0.15, 0.2) is 24.3 Å². The summed E-state index contributed by atoms with van der Waals surface area (Å²) in [5.74, 6) is 0.524. The summed E-state index contributed by atoms with van der Waals surface area (Å²) >= 11 is 1.29. The normalized spacial score (nSPS) is 17.2. The second-order valence-electron chi connectivity index (χ2n) is 5.73. The van der Waals surface area contributed by atoms with Crippen molar-refractivity contribution in [3.63, 3.8) is 0 Å². The molecule has 1 saturated carbocycles. The highest BCUT2D eigenvalue weighted by atomic mass is 32.2. The van der Waals surface area contributed by atoms with Crippen molar-refractivity contribution in [2.24, 2.45) is 0 Å². The molecule has 1 aromatic carbocycles. The molecule has 0 spiro atoms. The van der Waals surface area contributed by atoms with Gasteiger partial charge in [0.05, 0.1) is 0 Å². The number of amides is 3. The smallest absolute Gasteiger partial charge is 0.281 e. The summed E-state index contributed by atoms with van der Waals surface area (Å²) < 4.78 is 0. The largest absolute Gasteiger partial charge is 0.349 e. The van der Waals surface area contributed by atoms with E-state index < -0.39 is 0 Å². The molecule has 1 aliphatic carbocycles. The molecule has 23 heavy (non-hydrogen) atoms. The molecule has 122 valence electrons. The van der Waals surface area contributed by atoms with Crippen LogP contribution in [0.25, 0.3) is 0 Å². The standard InChI is InChI=1S/C16H19N3O3S/c20-14(6-7-19-8-9-23-16(19)22)17-13-3-1-2-11(10-13)15(21)18-12-4-5-12/h1-3,10,12H,4-9H2,(H,17,20)(H,18,21). The number of rotatable bonds is 6. The lowest BCUT2D eigenvalue weighted by Crippen LogP contribution is -2.28. The second-order valence-corrected chi connectivity index (χ2v) is 6.77. The van der Waals surface area contributed by atoms with Gasteiger partial charge in [-0.1, -0.05) is 17.8 Å². The molecule has 3 rings (SSSR count). The SMILES string of the molecule is O=C(CCN1CCSC1=O)Nc1cccc(C(=O)NC2CC2)c1. The Bertz CT molecular complexity index is 631. The molecule has 0 radical (unpaired) electrons. The van der Waals surface area contributed by atoms with Crippen LogP contribution in [-0.2, 0) is 4.79 Å². The maximum atomic E-state index is 12.0. The molecular formula is C16H19N3O3S. The highest BCUT2D eigenvalue weighted by molar-refractivity contribution is 8.13. The third kappa shape index (κ3) is 4.48. The van der Waals surface area contributed by atoms with E-state index >= 15 is 0 Å². The Kier molecular flexibility index (Phi) is 4.85. The average Bonchev–Trinajstić information content (AvgIpc) is 3.25. The van der Waals surface area contributed by atoms with Crippen LogP contribution in [-0.4, -0.2) is 46.8 Å². The van der Waals surface area contributed by atoms with Gasteiger partial charge in [-0.05, 0) is 31.0 Å². The van der Waals surface area contributed by atoms with Gasteiger partial charge in [-0.15, -0.1) is 0 Å². The summed E-state index contributed by atoms with van der Waals surface area (Å²) in [5.41, 5.74) is 1.14. The molecule has 0 atom stereocenters. The number of nitrogens with zero attached hydrogens (tertiary/aromatic N) is 1. The number of anilines is 1. The highest BCUT2D eigenvalue weighted by Crippen LogP contribution is 2.20. The second kappa shape index (κ2) is 7.04. The summed E-state index contributed by atoms with van der Waals surface area (Å²) in [5, 5.41) is 5.74. The van der Waals surface area contributed by atoms with E-state index in [4.69, 9.17) is 0 Å². The molecule has 1 saturated heterocycles. The van der Waals surface area contributed by atoms with Gasteiger partial charge in [0.25, 0.3) is 11.1 Å². The molecule has 2 N–H and O–H groups in total. The predicted octanol–water partition coefficient (Wildman–Crippen LogP) is 2.08. The Morgan fingerprint density at radius 2 is 2.13 bits per heavy atom. The summed E-state index contributed by atoms with van der Waals surface area (Å²) in [7, 11) is 0. The molecule has 0 aromatic heterocycles. The lowest BCUT2D eigenvalue weighted by atomic mass is 10.2. The van der Waals surface area contributed by atoms with Crippen LogP contribution < -0.4 is 10.6 Å². The van der Waals surface area contributed by atoms with Gasteiger partial charge in [0.15, 0.2) is 0 Å². The topological polar surface area (TPSA) is 78.5 Å². The monoisotopic (exact) mass is 333 g/mol. The minimum Gasteiger partial charge on any atom is -0.349 e. The van der Waals surface area contributed by atoms with E-state index in [0.29, 0.717) is 30.4 Å².